The number of halogens is 1. The molecule has 3 aromatic rings. The first-order chi connectivity index (χ1) is 16.4. The smallest absolute Gasteiger partial charge is 0.311 e. The summed E-state index contributed by atoms with van der Waals surface area (Å²) in [4.78, 5) is 15.9. The topological polar surface area (TPSA) is 77.9 Å². The van der Waals surface area contributed by atoms with E-state index in [-0.39, 0.29) is 5.82 Å². The third kappa shape index (κ3) is 4.89. The maximum atomic E-state index is 15.2. The Bertz CT molecular complexity index is 1180. The van der Waals surface area contributed by atoms with Crippen LogP contribution in [0.1, 0.15) is 48.7 Å². The lowest BCUT2D eigenvalue weighted by Gasteiger charge is -2.21. The first-order valence-electron chi connectivity index (χ1n) is 11.3. The van der Waals surface area contributed by atoms with Crippen LogP contribution in [0.5, 0.6) is 11.6 Å². The Labute approximate surface area is 198 Å². The SMILES string of the molecule is COC(=O)[C@@H](C)[C@@H](O)c1ccc2c(c1)OC(c1ccc(-c3ccnc(OC)c3)cc1F)CCC2. The summed E-state index contributed by atoms with van der Waals surface area (Å²) in [5, 5.41) is 10.6. The molecule has 0 bridgehead atoms. The van der Waals surface area contributed by atoms with Gasteiger partial charge in [0.25, 0.3) is 0 Å². The Kier molecular flexibility index (Phi) is 7.12. The van der Waals surface area contributed by atoms with Gasteiger partial charge in [0.15, 0.2) is 0 Å². The Morgan fingerprint density at radius 2 is 1.94 bits per heavy atom. The molecular weight excluding hydrogens is 437 g/mol. The molecule has 2 aromatic carbocycles. The normalized spacial score (nSPS) is 17.0. The summed E-state index contributed by atoms with van der Waals surface area (Å²) in [5.74, 6) is -0.502. The lowest BCUT2D eigenvalue weighted by Crippen LogP contribution is -2.20. The van der Waals surface area contributed by atoms with Crippen LogP contribution >= 0.6 is 0 Å². The van der Waals surface area contributed by atoms with Crippen molar-refractivity contribution in [3.8, 4) is 22.8 Å². The predicted octanol–water partition coefficient (Wildman–Crippen LogP) is 5.20. The van der Waals surface area contributed by atoms with Crippen molar-refractivity contribution >= 4 is 5.97 Å². The molecule has 0 radical (unpaired) electrons. The standard InChI is InChI=1S/C27H28FNO5/c1-16(27(31)33-3)26(30)20-8-7-17-5-4-6-23(34-24(17)14-20)21-10-9-18(13-22(21)28)19-11-12-29-25(15-19)32-2/h7-16,23,26,30H,4-6H2,1-3H3/t16-,23?,26+/m0/s1. The van der Waals surface area contributed by atoms with Crippen LogP contribution in [-0.2, 0) is 16.0 Å². The van der Waals surface area contributed by atoms with E-state index in [4.69, 9.17) is 14.2 Å². The van der Waals surface area contributed by atoms with E-state index in [1.807, 2.05) is 12.1 Å². The highest BCUT2D eigenvalue weighted by Gasteiger charge is 2.27. The summed E-state index contributed by atoms with van der Waals surface area (Å²) in [7, 11) is 2.83. The Morgan fingerprint density at radius 1 is 1.15 bits per heavy atom. The third-order valence-corrected chi connectivity index (χ3v) is 6.29. The van der Waals surface area contributed by atoms with Gasteiger partial charge in [0.1, 0.15) is 17.7 Å². The summed E-state index contributed by atoms with van der Waals surface area (Å²) in [6.45, 7) is 1.61. The van der Waals surface area contributed by atoms with Crippen LogP contribution in [0.15, 0.2) is 54.7 Å². The second-order valence-corrected chi connectivity index (χ2v) is 8.45. The van der Waals surface area contributed by atoms with Gasteiger partial charge in [-0.25, -0.2) is 9.37 Å². The molecule has 1 aliphatic rings. The summed E-state index contributed by atoms with van der Waals surface area (Å²) in [5.41, 5.74) is 3.55. The van der Waals surface area contributed by atoms with Gasteiger partial charge in [0, 0.05) is 17.8 Å². The number of esters is 1. The van der Waals surface area contributed by atoms with Gasteiger partial charge in [0.05, 0.1) is 26.2 Å². The number of rotatable bonds is 6. The fourth-order valence-electron chi connectivity index (χ4n) is 4.25. The molecule has 1 unspecified atom stereocenters. The van der Waals surface area contributed by atoms with Crippen LogP contribution < -0.4 is 9.47 Å². The van der Waals surface area contributed by atoms with Crippen LogP contribution in [0.2, 0.25) is 0 Å². The highest BCUT2D eigenvalue weighted by atomic mass is 19.1. The van der Waals surface area contributed by atoms with E-state index in [0.717, 1.165) is 29.5 Å². The number of aliphatic hydroxyl groups is 1. The quantitative estimate of drug-likeness (QED) is 0.505. The van der Waals surface area contributed by atoms with E-state index < -0.39 is 24.1 Å². The molecule has 7 heteroatoms. The lowest BCUT2D eigenvalue weighted by molar-refractivity contribution is -0.148. The number of aliphatic hydroxyl groups excluding tert-OH is 1. The molecule has 3 atom stereocenters. The fourth-order valence-corrected chi connectivity index (χ4v) is 4.25. The summed E-state index contributed by atoms with van der Waals surface area (Å²) in [6, 6.07) is 14.1. The Balaban J connectivity index is 1.59. The highest BCUT2D eigenvalue weighted by molar-refractivity contribution is 5.72. The number of aryl methyl sites for hydroxylation is 1. The minimum atomic E-state index is -1.03. The number of benzene rings is 2. The van der Waals surface area contributed by atoms with Gasteiger partial charge < -0.3 is 19.3 Å². The second kappa shape index (κ2) is 10.2. The van der Waals surface area contributed by atoms with Crippen molar-refractivity contribution in [3.63, 3.8) is 0 Å². The van der Waals surface area contributed by atoms with Crippen molar-refractivity contribution in [2.45, 2.75) is 38.4 Å². The number of fused-ring (bicyclic) bond motifs is 1. The van der Waals surface area contributed by atoms with Crippen LogP contribution in [-0.4, -0.2) is 30.3 Å². The average Bonchev–Trinajstić information content (AvgIpc) is 3.09. The minimum Gasteiger partial charge on any atom is -0.485 e. The molecule has 34 heavy (non-hydrogen) atoms. The van der Waals surface area contributed by atoms with Crippen molar-refractivity contribution in [3.05, 3.63) is 77.2 Å². The van der Waals surface area contributed by atoms with E-state index in [1.54, 1.807) is 43.5 Å². The molecule has 0 fully saturated rings. The number of carbonyl (C=O) groups excluding carboxylic acids is 1. The van der Waals surface area contributed by atoms with Crippen molar-refractivity contribution in [1.82, 2.24) is 4.98 Å². The van der Waals surface area contributed by atoms with Crippen molar-refractivity contribution in [2.24, 2.45) is 5.92 Å². The van der Waals surface area contributed by atoms with Gasteiger partial charge in [-0.15, -0.1) is 0 Å². The molecule has 1 aromatic heterocycles. The zero-order valence-electron chi connectivity index (χ0n) is 19.5. The van der Waals surface area contributed by atoms with E-state index in [2.05, 4.69) is 4.98 Å². The molecule has 0 spiro atoms. The molecule has 0 amide bonds. The van der Waals surface area contributed by atoms with Crippen LogP contribution in [0.3, 0.4) is 0 Å². The van der Waals surface area contributed by atoms with E-state index >= 15 is 4.39 Å². The zero-order chi connectivity index (χ0) is 24.2. The molecule has 4 rings (SSSR count). The van der Waals surface area contributed by atoms with Crippen LogP contribution in [0, 0.1) is 11.7 Å². The van der Waals surface area contributed by atoms with E-state index in [0.29, 0.717) is 29.2 Å². The molecule has 0 saturated carbocycles. The first-order valence-corrected chi connectivity index (χ1v) is 11.3. The summed E-state index contributed by atoms with van der Waals surface area (Å²) in [6.07, 6.45) is 2.40. The van der Waals surface area contributed by atoms with Crippen LogP contribution in [0.25, 0.3) is 11.1 Å². The number of hydrogen-bond acceptors (Lipinski definition) is 6. The Morgan fingerprint density at radius 3 is 2.68 bits per heavy atom. The second-order valence-electron chi connectivity index (χ2n) is 8.45. The first kappa shape index (κ1) is 23.7. The minimum absolute atomic E-state index is 0.350. The molecule has 2 heterocycles. The van der Waals surface area contributed by atoms with Crippen molar-refractivity contribution in [1.29, 1.82) is 0 Å². The zero-order valence-corrected chi connectivity index (χ0v) is 19.5. The van der Waals surface area contributed by atoms with E-state index in [1.165, 1.54) is 20.3 Å². The largest absolute Gasteiger partial charge is 0.485 e. The molecule has 0 aliphatic carbocycles. The van der Waals surface area contributed by atoms with Crippen molar-refractivity contribution < 1.29 is 28.5 Å². The fraction of sp³-hybridized carbons (Fsp3) is 0.333. The number of methoxy groups -OCH3 is 2. The number of ether oxygens (including phenoxy) is 3. The summed E-state index contributed by atoms with van der Waals surface area (Å²) < 4.78 is 31.4. The summed E-state index contributed by atoms with van der Waals surface area (Å²) >= 11 is 0. The van der Waals surface area contributed by atoms with Crippen LogP contribution in [0.4, 0.5) is 4.39 Å². The highest BCUT2D eigenvalue weighted by Crippen LogP contribution is 2.38. The third-order valence-electron chi connectivity index (χ3n) is 6.29. The number of hydrogen-bond donors (Lipinski definition) is 1. The van der Waals surface area contributed by atoms with Crippen molar-refractivity contribution in [2.75, 3.05) is 14.2 Å². The maximum absolute atomic E-state index is 15.2. The van der Waals surface area contributed by atoms with Gasteiger partial charge in [-0.1, -0.05) is 24.3 Å². The Hall–Kier alpha value is -3.45. The number of carbonyl (C=O) groups is 1. The molecule has 1 aliphatic heterocycles. The maximum Gasteiger partial charge on any atom is 0.311 e. The molecular formula is C27H28FNO5. The monoisotopic (exact) mass is 465 g/mol. The van der Waals surface area contributed by atoms with Gasteiger partial charge in [-0.05, 0) is 66.6 Å². The van der Waals surface area contributed by atoms with Gasteiger partial charge in [-0.3, -0.25) is 4.79 Å². The molecule has 1 N–H and O–H groups in total. The molecule has 178 valence electrons. The lowest BCUT2D eigenvalue weighted by atomic mass is 9.95. The number of aromatic nitrogens is 1. The van der Waals surface area contributed by atoms with Gasteiger partial charge in [-0.2, -0.15) is 0 Å². The molecule has 0 saturated heterocycles. The van der Waals surface area contributed by atoms with Gasteiger partial charge in [0.2, 0.25) is 5.88 Å². The number of pyridine rings is 1. The van der Waals surface area contributed by atoms with Gasteiger partial charge >= 0.3 is 5.97 Å². The number of nitrogens with zero attached hydrogens (tertiary/aromatic N) is 1. The molecule has 6 nitrogen and oxygen atoms in total. The predicted molar refractivity (Wildman–Crippen MR) is 125 cm³/mol. The van der Waals surface area contributed by atoms with E-state index in [9.17, 15) is 9.90 Å². The average molecular weight is 466 g/mol.